The molecule has 35 heavy (non-hydrogen) atoms. The summed E-state index contributed by atoms with van der Waals surface area (Å²) in [4.78, 5) is 24.4. The highest BCUT2D eigenvalue weighted by Crippen LogP contribution is 2.46. The summed E-state index contributed by atoms with van der Waals surface area (Å²) in [6, 6.07) is 8.24. The van der Waals surface area contributed by atoms with Crippen LogP contribution in [0.4, 0.5) is 0 Å². The number of aryl methyl sites for hydroxylation is 4. The van der Waals surface area contributed by atoms with E-state index in [9.17, 15) is 9.90 Å². The van der Waals surface area contributed by atoms with Crippen molar-refractivity contribution in [2.75, 3.05) is 0 Å². The van der Waals surface area contributed by atoms with Gasteiger partial charge in [-0.25, -0.2) is 14.8 Å². The second-order valence-electron chi connectivity index (χ2n) is 10.3. The van der Waals surface area contributed by atoms with E-state index in [4.69, 9.17) is 9.72 Å². The zero-order chi connectivity index (χ0) is 24.9. The van der Waals surface area contributed by atoms with Crippen molar-refractivity contribution in [2.24, 2.45) is 7.05 Å². The van der Waals surface area contributed by atoms with Crippen molar-refractivity contribution in [1.82, 2.24) is 14.5 Å². The number of carbonyl (C=O) groups is 1. The standard InChI is InChI=1S/C28H31N3O3S/c1-16-21(24(27(32)33)34-28(2,3)4)22(23-19-11-6-7-12-20(19)35-26(23)30-16)17-9-8-10-18(15-17)25-29-13-14-31(25)5/h8-10,13-15,24H,6-7,11-12H2,1-5H3,(H,32,33). The zero-order valence-electron chi connectivity index (χ0n) is 20.9. The molecule has 3 heterocycles. The maximum absolute atomic E-state index is 12.6. The van der Waals surface area contributed by atoms with Crippen molar-refractivity contribution in [1.29, 1.82) is 0 Å². The van der Waals surface area contributed by atoms with Crippen LogP contribution in [0.15, 0.2) is 36.7 Å². The van der Waals surface area contributed by atoms with Crippen LogP contribution in [0.25, 0.3) is 32.7 Å². The summed E-state index contributed by atoms with van der Waals surface area (Å²) in [7, 11) is 1.97. The Morgan fingerprint density at radius 2 is 1.94 bits per heavy atom. The number of fused-ring (bicyclic) bond motifs is 3. The number of imidazole rings is 1. The van der Waals surface area contributed by atoms with Gasteiger partial charge in [-0.1, -0.05) is 18.2 Å². The fraction of sp³-hybridized carbons (Fsp3) is 0.393. The van der Waals surface area contributed by atoms with Crippen LogP contribution in [0.1, 0.15) is 61.4 Å². The summed E-state index contributed by atoms with van der Waals surface area (Å²) in [6.07, 6.45) is 6.94. The maximum Gasteiger partial charge on any atom is 0.337 e. The Kier molecular flexibility index (Phi) is 6.01. The van der Waals surface area contributed by atoms with Gasteiger partial charge in [0.1, 0.15) is 10.7 Å². The van der Waals surface area contributed by atoms with Gasteiger partial charge >= 0.3 is 5.97 Å². The molecule has 3 aromatic heterocycles. The SMILES string of the molecule is Cc1nc2sc3c(c2c(-c2cccc(-c4nccn4C)c2)c1C(OC(C)(C)C)C(=O)O)CCCC3. The molecule has 182 valence electrons. The molecule has 4 aromatic rings. The van der Waals surface area contributed by atoms with Crippen LogP contribution < -0.4 is 0 Å². The van der Waals surface area contributed by atoms with E-state index in [1.165, 1.54) is 16.9 Å². The van der Waals surface area contributed by atoms with E-state index < -0.39 is 17.7 Å². The van der Waals surface area contributed by atoms with Crippen LogP contribution in [-0.2, 0) is 29.4 Å². The molecule has 1 atom stereocenters. The van der Waals surface area contributed by atoms with Crippen molar-refractivity contribution < 1.29 is 14.6 Å². The number of hydrogen-bond acceptors (Lipinski definition) is 5. The van der Waals surface area contributed by atoms with Crippen LogP contribution >= 0.6 is 11.3 Å². The normalized spacial score (nSPS) is 14.8. The summed E-state index contributed by atoms with van der Waals surface area (Å²) in [5, 5.41) is 11.4. The number of benzene rings is 1. The molecule has 1 N–H and O–H groups in total. The Labute approximate surface area is 209 Å². The molecular formula is C28H31N3O3S. The van der Waals surface area contributed by atoms with Crippen molar-refractivity contribution in [3.63, 3.8) is 0 Å². The molecule has 1 unspecified atom stereocenters. The van der Waals surface area contributed by atoms with Gasteiger partial charge in [0, 0.05) is 52.1 Å². The molecule has 1 aromatic carbocycles. The first-order valence-corrected chi connectivity index (χ1v) is 12.9. The average Bonchev–Trinajstić information content (AvgIpc) is 3.39. The van der Waals surface area contributed by atoms with Crippen LogP contribution in [0.2, 0.25) is 0 Å². The molecule has 0 saturated heterocycles. The highest BCUT2D eigenvalue weighted by Gasteiger charge is 2.34. The number of pyridine rings is 1. The minimum Gasteiger partial charge on any atom is -0.479 e. The van der Waals surface area contributed by atoms with Gasteiger partial charge < -0.3 is 14.4 Å². The summed E-state index contributed by atoms with van der Waals surface area (Å²) >= 11 is 1.75. The number of rotatable bonds is 5. The van der Waals surface area contributed by atoms with Crippen LogP contribution in [0.3, 0.4) is 0 Å². The van der Waals surface area contributed by atoms with E-state index in [1.807, 2.05) is 57.6 Å². The molecule has 7 heteroatoms. The summed E-state index contributed by atoms with van der Waals surface area (Å²) in [5.74, 6) is -0.140. The van der Waals surface area contributed by atoms with E-state index in [0.29, 0.717) is 11.3 Å². The minimum absolute atomic E-state index is 0.634. The van der Waals surface area contributed by atoms with Gasteiger partial charge in [0.15, 0.2) is 6.10 Å². The number of carboxylic acid groups (broad SMARTS) is 1. The van der Waals surface area contributed by atoms with Gasteiger partial charge in [-0.2, -0.15) is 0 Å². The smallest absolute Gasteiger partial charge is 0.337 e. The number of aromatic nitrogens is 3. The third-order valence-corrected chi connectivity index (χ3v) is 7.71. The second kappa shape index (κ2) is 8.88. The number of ether oxygens (including phenoxy) is 1. The molecule has 0 spiro atoms. The van der Waals surface area contributed by atoms with Crippen molar-refractivity contribution >= 4 is 27.5 Å². The predicted molar refractivity (Wildman–Crippen MR) is 140 cm³/mol. The molecule has 0 amide bonds. The molecule has 0 aliphatic heterocycles. The number of hydrogen-bond donors (Lipinski definition) is 1. The van der Waals surface area contributed by atoms with E-state index in [2.05, 4.69) is 17.1 Å². The highest BCUT2D eigenvalue weighted by molar-refractivity contribution is 7.19. The molecule has 0 radical (unpaired) electrons. The average molecular weight is 490 g/mol. The van der Waals surface area contributed by atoms with Gasteiger partial charge in [0.2, 0.25) is 0 Å². The molecule has 5 rings (SSSR count). The topological polar surface area (TPSA) is 77.2 Å². The first kappa shape index (κ1) is 23.7. The van der Waals surface area contributed by atoms with Gasteiger partial charge in [-0.3, -0.25) is 0 Å². The Hall–Kier alpha value is -3.03. The lowest BCUT2D eigenvalue weighted by molar-refractivity contribution is -0.160. The fourth-order valence-electron chi connectivity index (χ4n) is 5.08. The molecule has 0 fully saturated rings. The van der Waals surface area contributed by atoms with Gasteiger partial charge in [-0.15, -0.1) is 11.3 Å². The first-order chi connectivity index (χ1) is 16.6. The Morgan fingerprint density at radius 3 is 2.63 bits per heavy atom. The maximum atomic E-state index is 12.6. The summed E-state index contributed by atoms with van der Waals surface area (Å²) in [6.45, 7) is 7.57. The monoisotopic (exact) mass is 489 g/mol. The Balaban J connectivity index is 1.84. The third-order valence-electron chi connectivity index (χ3n) is 6.52. The molecule has 1 aliphatic carbocycles. The molecule has 0 saturated carbocycles. The quantitative estimate of drug-likeness (QED) is 0.347. The van der Waals surface area contributed by atoms with Crippen LogP contribution in [0.5, 0.6) is 0 Å². The molecular weight excluding hydrogens is 458 g/mol. The van der Waals surface area contributed by atoms with Crippen molar-refractivity contribution in [3.05, 3.63) is 58.4 Å². The van der Waals surface area contributed by atoms with E-state index in [-0.39, 0.29) is 0 Å². The Morgan fingerprint density at radius 1 is 1.20 bits per heavy atom. The predicted octanol–water partition coefficient (Wildman–Crippen LogP) is 6.49. The van der Waals surface area contributed by atoms with Crippen molar-refractivity contribution in [3.8, 4) is 22.5 Å². The Bertz CT molecular complexity index is 1430. The fourth-order valence-corrected chi connectivity index (χ4v) is 6.40. The van der Waals surface area contributed by atoms with Crippen molar-refractivity contribution in [2.45, 2.75) is 65.1 Å². The number of aliphatic carboxylic acids is 1. The first-order valence-electron chi connectivity index (χ1n) is 12.1. The van der Waals surface area contributed by atoms with Crippen LogP contribution in [-0.4, -0.2) is 31.2 Å². The van der Waals surface area contributed by atoms with Gasteiger partial charge in [0.25, 0.3) is 0 Å². The highest BCUT2D eigenvalue weighted by atomic mass is 32.1. The summed E-state index contributed by atoms with van der Waals surface area (Å²) in [5.41, 5.74) is 4.90. The van der Waals surface area contributed by atoms with E-state index in [0.717, 1.165) is 52.0 Å². The number of carboxylic acids is 1. The summed E-state index contributed by atoms with van der Waals surface area (Å²) < 4.78 is 8.16. The lowest BCUT2D eigenvalue weighted by Gasteiger charge is -2.28. The lowest BCUT2D eigenvalue weighted by Crippen LogP contribution is -2.28. The minimum atomic E-state index is -1.13. The van der Waals surface area contributed by atoms with Crippen LogP contribution in [0, 0.1) is 6.92 Å². The van der Waals surface area contributed by atoms with Gasteiger partial charge in [-0.05, 0) is 70.6 Å². The number of thiophene rings is 1. The third kappa shape index (κ3) is 4.39. The molecule has 0 bridgehead atoms. The zero-order valence-corrected chi connectivity index (χ0v) is 21.7. The largest absolute Gasteiger partial charge is 0.479 e. The van der Waals surface area contributed by atoms with E-state index >= 15 is 0 Å². The lowest BCUT2D eigenvalue weighted by atomic mass is 9.87. The molecule has 6 nitrogen and oxygen atoms in total. The van der Waals surface area contributed by atoms with Gasteiger partial charge in [0.05, 0.1) is 5.60 Å². The van der Waals surface area contributed by atoms with E-state index in [1.54, 1.807) is 17.5 Å². The molecule has 1 aliphatic rings. The second-order valence-corrected chi connectivity index (χ2v) is 11.4. The number of nitrogens with zero attached hydrogens (tertiary/aromatic N) is 3.